The van der Waals surface area contributed by atoms with Gasteiger partial charge >= 0.3 is 5.69 Å². The highest BCUT2D eigenvalue weighted by Crippen LogP contribution is 2.30. The van der Waals surface area contributed by atoms with Crippen LogP contribution >= 0.6 is 22.6 Å². The molecule has 3 N–H and O–H groups in total. The monoisotopic (exact) mass is 398 g/mol. The Bertz CT molecular complexity index is 628. The second kappa shape index (κ2) is 6.16. The molecule has 0 saturated carbocycles. The lowest BCUT2D eigenvalue weighted by Crippen LogP contribution is -2.36. The number of aromatic amines is 1. The Morgan fingerprint density at radius 1 is 1.55 bits per heavy atom. The molecular formula is C11H12FIN2O5. The van der Waals surface area contributed by atoms with E-state index in [1.807, 2.05) is 27.6 Å². The van der Waals surface area contributed by atoms with Gasteiger partial charge in [0, 0.05) is 6.20 Å². The summed E-state index contributed by atoms with van der Waals surface area (Å²) in [6.45, 7) is -0.573. The van der Waals surface area contributed by atoms with Crippen LogP contribution in [0.2, 0.25) is 0 Å². The number of ether oxygens (including phenoxy) is 1. The second-order valence-corrected chi connectivity index (χ2v) is 4.95. The van der Waals surface area contributed by atoms with Gasteiger partial charge in [0.1, 0.15) is 12.2 Å². The van der Waals surface area contributed by atoms with Crippen molar-refractivity contribution in [3.63, 3.8) is 0 Å². The number of rotatable bonds is 3. The number of aliphatic hydroxyl groups is 2. The molecule has 110 valence electrons. The van der Waals surface area contributed by atoms with Crippen LogP contribution < -0.4 is 11.2 Å². The van der Waals surface area contributed by atoms with E-state index in [0.29, 0.717) is 0 Å². The molecule has 1 aromatic rings. The van der Waals surface area contributed by atoms with Gasteiger partial charge in [-0.15, -0.1) is 0 Å². The van der Waals surface area contributed by atoms with Gasteiger partial charge in [0.25, 0.3) is 5.56 Å². The summed E-state index contributed by atoms with van der Waals surface area (Å²) >= 11 is 1.89. The molecule has 1 fully saturated rings. The van der Waals surface area contributed by atoms with Crippen LogP contribution in [0.1, 0.15) is 11.8 Å². The fourth-order valence-electron chi connectivity index (χ4n) is 1.95. The van der Waals surface area contributed by atoms with Gasteiger partial charge in [-0.05, 0) is 10.2 Å². The maximum Gasteiger partial charge on any atom is 0.330 e. The first kappa shape index (κ1) is 15.4. The Labute approximate surface area is 125 Å². The molecule has 1 saturated heterocycles. The number of H-pyrrole nitrogens is 1. The van der Waals surface area contributed by atoms with E-state index in [-0.39, 0.29) is 5.56 Å². The lowest BCUT2D eigenvalue weighted by molar-refractivity contribution is -0.0491. The van der Waals surface area contributed by atoms with Crippen LogP contribution in [0.3, 0.4) is 0 Å². The number of aromatic nitrogens is 2. The summed E-state index contributed by atoms with van der Waals surface area (Å²) in [7, 11) is 0. The van der Waals surface area contributed by atoms with E-state index < -0.39 is 42.5 Å². The quantitative estimate of drug-likeness (QED) is 0.598. The van der Waals surface area contributed by atoms with Crippen LogP contribution in [0.4, 0.5) is 4.39 Å². The molecular weight excluding hydrogens is 386 g/mol. The van der Waals surface area contributed by atoms with Crippen molar-refractivity contribution >= 4 is 28.7 Å². The molecule has 2 rings (SSSR count). The van der Waals surface area contributed by atoms with Crippen LogP contribution in [-0.4, -0.2) is 44.8 Å². The summed E-state index contributed by atoms with van der Waals surface area (Å²) in [6, 6.07) is 0. The number of halogens is 2. The Hall–Kier alpha value is -1.04. The molecule has 9 heteroatoms. The molecule has 0 aliphatic carbocycles. The predicted octanol–water partition coefficient (Wildman–Crippen LogP) is -0.469. The topological polar surface area (TPSA) is 105 Å². The maximum atomic E-state index is 13.9. The van der Waals surface area contributed by atoms with Crippen molar-refractivity contribution in [1.82, 2.24) is 9.55 Å². The second-order valence-electron chi connectivity index (χ2n) is 4.23. The zero-order chi connectivity index (χ0) is 14.9. The smallest absolute Gasteiger partial charge is 0.330 e. The molecule has 1 aliphatic heterocycles. The fourth-order valence-corrected chi connectivity index (χ4v) is 2.34. The lowest BCUT2D eigenvalue weighted by atomic mass is 10.1. The molecule has 2 heterocycles. The highest BCUT2D eigenvalue weighted by atomic mass is 127. The van der Waals surface area contributed by atoms with E-state index in [9.17, 15) is 19.1 Å². The first-order chi connectivity index (χ1) is 9.49. The van der Waals surface area contributed by atoms with Crippen LogP contribution in [0.25, 0.3) is 6.08 Å². The maximum absolute atomic E-state index is 13.9. The third-order valence-electron chi connectivity index (χ3n) is 2.99. The summed E-state index contributed by atoms with van der Waals surface area (Å²) in [6.07, 6.45) is -3.33. The molecule has 1 aromatic heterocycles. The van der Waals surface area contributed by atoms with Crippen molar-refractivity contribution in [2.24, 2.45) is 0 Å². The Balaban J connectivity index is 2.46. The Morgan fingerprint density at radius 3 is 2.80 bits per heavy atom. The van der Waals surface area contributed by atoms with Crippen LogP contribution in [0.15, 0.2) is 19.9 Å². The van der Waals surface area contributed by atoms with Gasteiger partial charge in [0.05, 0.1) is 12.2 Å². The third kappa shape index (κ3) is 2.71. The molecule has 0 spiro atoms. The first-order valence-electron chi connectivity index (χ1n) is 5.70. The Morgan fingerprint density at radius 2 is 2.25 bits per heavy atom. The highest BCUT2D eigenvalue weighted by Gasteiger charge is 2.45. The minimum atomic E-state index is -1.88. The minimum absolute atomic E-state index is 0.150. The van der Waals surface area contributed by atoms with Gasteiger partial charge in [-0.1, -0.05) is 22.6 Å². The number of alkyl halides is 1. The summed E-state index contributed by atoms with van der Waals surface area (Å²) in [4.78, 5) is 25.3. The van der Waals surface area contributed by atoms with Crippen molar-refractivity contribution in [2.45, 2.75) is 24.6 Å². The van der Waals surface area contributed by atoms with E-state index in [1.54, 1.807) is 4.08 Å². The molecule has 4 atom stereocenters. The van der Waals surface area contributed by atoms with Gasteiger partial charge < -0.3 is 14.9 Å². The zero-order valence-electron chi connectivity index (χ0n) is 10.1. The third-order valence-corrected chi connectivity index (χ3v) is 3.35. The van der Waals surface area contributed by atoms with E-state index in [2.05, 4.69) is 0 Å². The van der Waals surface area contributed by atoms with Gasteiger partial charge in [-0.2, -0.15) is 0 Å². The van der Waals surface area contributed by atoms with Crippen LogP contribution in [0, 0.1) is 0 Å². The van der Waals surface area contributed by atoms with Gasteiger partial charge in [-0.25, -0.2) is 9.18 Å². The number of aliphatic hydroxyl groups excluding tert-OH is 2. The summed E-state index contributed by atoms with van der Waals surface area (Å²) < 4.78 is 21.5. The van der Waals surface area contributed by atoms with Crippen molar-refractivity contribution in [3.05, 3.63) is 36.7 Å². The first-order valence-corrected chi connectivity index (χ1v) is 6.95. The summed E-state index contributed by atoms with van der Waals surface area (Å²) in [5, 5.41) is 18.5. The average molecular weight is 398 g/mol. The SMILES string of the molecule is O=c1[nH]c(=O)n([C@@H]2O[C@H](CO)[C@@H](O)C2F)cc1/C=C/I. The van der Waals surface area contributed by atoms with Gasteiger partial charge in [0.2, 0.25) is 0 Å². The molecule has 0 amide bonds. The average Bonchev–Trinajstić information content (AvgIpc) is 2.70. The molecule has 0 bridgehead atoms. The van der Waals surface area contributed by atoms with Crippen molar-refractivity contribution in [3.8, 4) is 0 Å². The fraction of sp³-hybridized carbons (Fsp3) is 0.455. The van der Waals surface area contributed by atoms with Crippen LogP contribution in [-0.2, 0) is 4.74 Å². The van der Waals surface area contributed by atoms with Crippen molar-refractivity contribution < 1.29 is 19.3 Å². The standard InChI is InChI=1S/C11H12FIN2O5/c12-7-8(17)6(4-16)20-10(7)15-3-5(1-2-13)9(18)14-11(15)19/h1-3,6-8,10,16-17H,4H2,(H,14,18,19)/b2-1+/t6-,7?,8-,10-/m1/s1. The van der Waals surface area contributed by atoms with E-state index >= 15 is 0 Å². The normalized spacial score (nSPS) is 30.2. The molecule has 1 aliphatic rings. The van der Waals surface area contributed by atoms with E-state index in [1.165, 1.54) is 6.08 Å². The molecule has 1 unspecified atom stereocenters. The Kier molecular flexibility index (Phi) is 4.73. The van der Waals surface area contributed by atoms with E-state index in [0.717, 1.165) is 10.8 Å². The summed E-state index contributed by atoms with van der Waals surface area (Å²) in [5.41, 5.74) is -1.30. The number of hydrogen-bond acceptors (Lipinski definition) is 5. The highest BCUT2D eigenvalue weighted by molar-refractivity contribution is 14.1. The van der Waals surface area contributed by atoms with Crippen LogP contribution in [0.5, 0.6) is 0 Å². The van der Waals surface area contributed by atoms with E-state index in [4.69, 9.17) is 9.84 Å². The summed E-state index contributed by atoms with van der Waals surface area (Å²) in [5.74, 6) is 0. The number of nitrogens with one attached hydrogen (secondary N) is 1. The zero-order valence-corrected chi connectivity index (χ0v) is 12.2. The minimum Gasteiger partial charge on any atom is -0.394 e. The van der Waals surface area contributed by atoms with Crippen molar-refractivity contribution in [2.75, 3.05) is 6.61 Å². The molecule has 0 aromatic carbocycles. The largest absolute Gasteiger partial charge is 0.394 e. The number of hydrogen-bond donors (Lipinski definition) is 3. The molecule has 20 heavy (non-hydrogen) atoms. The van der Waals surface area contributed by atoms with Crippen molar-refractivity contribution in [1.29, 1.82) is 0 Å². The van der Waals surface area contributed by atoms with Gasteiger partial charge in [0.15, 0.2) is 12.4 Å². The lowest BCUT2D eigenvalue weighted by Gasteiger charge is -2.16. The molecule has 0 radical (unpaired) electrons. The number of nitrogens with zero attached hydrogens (tertiary/aromatic N) is 1. The van der Waals surface area contributed by atoms with Gasteiger partial charge in [-0.3, -0.25) is 14.3 Å². The predicted molar refractivity (Wildman–Crippen MR) is 76.3 cm³/mol. The molecule has 7 nitrogen and oxygen atoms in total.